The summed E-state index contributed by atoms with van der Waals surface area (Å²) in [5.74, 6) is 2.11. The maximum atomic E-state index is 13.0. The zero-order valence-corrected chi connectivity index (χ0v) is 16.6. The minimum absolute atomic E-state index is 0.200. The van der Waals surface area contributed by atoms with Crippen molar-refractivity contribution in [2.45, 2.75) is 44.4 Å². The zero-order valence-electron chi connectivity index (χ0n) is 16.6. The first-order chi connectivity index (χ1) is 14.7. The predicted molar refractivity (Wildman–Crippen MR) is 112 cm³/mol. The van der Waals surface area contributed by atoms with Crippen LogP contribution in [0.5, 0.6) is 0 Å². The normalized spacial score (nSPS) is 16.2. The van der Waals surface area contributed by atoms with E-state index in [0.29, 0.717) is 29.2 Å². The minimum Gasteiger partial charge on any atom is -0.339 e. The van der Waals surface area contributed by atoms with Crippen molar-refractivity contribution in [2.75, 3.05) is 5.32 Å². The first-order valence-corrected chi connectivity index (χ1v) is 10.4. The van der Waals surface area contributed by atoms with Crippen LogP contribution in [0.2, 0.25) is 0 Å². The van der Waals surface area contributed by atoms with Crippen LogP contribution in [-0.2, 0) is 0 Å². The molecule has 3 heterocycles. The Labute approximate surface area is 173 Å². The van der Waals surface area contributed by atoms with E-state index in [9.17, 15) is 4.79 Å². The number of rotatable bonds is 5. The third-order valence-corrected chi connectivity index (χ3v) is 5.93. The van der Waals surface area contributed by atoms with E-state index >= 15 is 0 Å². The number of hydrogen-bond acceptors (Lipinski definition) is 5. The van der Waals surface area contributed by atoms with Crippen LogP contribution in [-0.4, -0.2) is 25.4 Å². The first-order valence-electron chi connectivity index (χ1n) is 10.4. The third-order valence-electron chi connectivity index (χ3n) is 5.93. The van der Waals surface area contributed by atoms with Crippen LogP contribution in [0, 0.1) is 6.92 Å². The van der Waals surface area contributed by atoms with Crippen molar-refractivity contribution in [3.05, 3.63) is 65.4 Å². The molecule has 30 heavy (non-hydrogen) atoms. The quantitative estimate of drug-likeness (QED) is 0.526. The second-order valence-electron chi connectivity index (χ2n) is 8.32. The molecule has 1 amide bonds. The number of aromatic nitrogens is 4. The number of anilines is 1. The summed E-state index contributed by atoms with van der Waals surface area (Å²) in [5, 5.41) is 7.12. The molecule has 0 unspecified atom stereocenters. The molecule has 1 aromatic carbocycles. The molecule has 3 aromatic heterocycles. The second-order valence-corrected chi connectivity index (χ2v) is 8.32. The molecule has 2 saturated carbocycles. The highest BCUT2D eigenvalue weighted by atomic mass is 16.5. The van der Waals surface area contributed by atoms with Crippen molar-refractivity contribution in [1.29, 1.82) is 0 Å². The van der Waals surface area contributed by atoms with Crippen LogP contribution < -0.4 is 5.32 Å². The van der Waals surface area contributed by atoms with Crippen LogP contribution in [0.1, 0.15) is 65.0 Å². The number of amides is 1. The lowest BCUT2D eigenvalue weighted by Crippen LogP contribution is -2.15. The Morgan fingerprint density at radius 1 is 1.13 bits per heavy atom. The summed E-state index contributed by atoms with van der Waals surface area (Å²) in [7, 11) is 0. The molecule has 2 fully saturated rings. The van der Waals surface area contributed by atoms with Gasteiger partial charge in [-0.1, -0.05) is 17.3 Å². The predicted octanol–water partition coefficient (Wildman–Crippen LogP) is 4.70. The summed E-state index contributed by atoms with van der Waals surface area (Å²) in [4.78, 5) is 21.9. The number of carbonyl (C=O) groups is 1. The molecule has 7 heteroatoms. The number of hydrogen-bond donors (Lipinski definition) is 1. The lowest BCUT2D eigenvalue weighted by atomic mass is 10.1. The maximum absolute atomic E-state index is 13.0. The highest BCUT2D eigenvalue weighted by Crippen LogP contribution is 2.40. The molecule has 0 spiro atoms. The molecular weight excluding hydrogens is 378 g/mol. The van der Waals surface area contributed by atoms with Crippen molar-refractivity contribution in [3.63, 3.8) is 0 Å². The molecule has 0 radical (unpaired) electrons. The Morgan fingerprint density at radius 3 is 2.77 bits per heavy atom. The fourth-order valence-electron chi connectivity index (χ4n) is 3.77. The van der Waals surface area contributed by atoms with Gasteiger partial charge in [0.25, 0.3) is 5.91 Å². The van der Waals surface area contributed by atoms with Gasteiger partial charge in [-0.2, -0.15) is 4.98 Å². The highest BCUT2D eigenvalue weighted by molar-refractivity contribution is 6.04. The molecule has 4 aromatic rings. The highest BCUT2D eigenvalue weighted by Gasteiger charge is 2.30. The van der Waals surface area contributed by atoms with Gasteiger partial charge in [0.2, 0.25) is 11.7 Å². The van der Waals surface area contributed by atoms with Gasteiger partial charge in [0, 0.05) is 23.4 Å². The van der Waals surface area contributed by atoms with Gasteiger partial charge >= 0.3 is 0 Å². The maximum Gasteiger partial charge on any atom is 0.274 e. The van der Waals surface area contributed by atoms with Gasteiger partial charge in [-0.15, -0.1) is 0 Å². The molecular formula is C23H21N5O2. The number of nitrogens with zero attached hydrogens (tertiary/aromatic N) is 4. The number of pyridine rings is 1. The van der Waals surface area contributed by atoms with Gasteiger partial charge in [0.05, 0.1) is 6.20 Å². The number of aryl methyl sites for hydroxylation is 1. The monoisotopic (exact) mass is 399 g/mol. The van der Waals surface area contributed by atoms with Gasteiger partial charge in [0.1, 0.15) is 11.3 Å². The number of carbonyl (C=O) groups excluding carboxylic acids is 1. The van der Waals surface area contributed by atoms with Crippen molar-refractivity contribution >= 4 is 17.2 Å². The summed E-state index contributed by atoms with van der Waals surface area (Å²) in [6.45, 7) is 1.96. The Morgan fingerprint density at radius 2 is 1.97 bits per heavy atom. The minimum atomic E-state index is -0.200. The number of benzene rings is 1. The molecule has 7 nitrogen and oxygen atoms in total. The fourth-order valence-corrected chi connectivity index (χ4v) is 3.77. The van der Waals surface area contributed by atoms with Gasteiger partial charge in [-0.05, 0) is 67.9 Å². The summed E-state index contributed by atoms with van der Waals surface area (Å²) in [6.07, 6.45) is 8.26. The van der Waals surface area contributed by atoms with E-state index in [-0.39, 0.29) is 5.91 Å². The first kappa shape index (κ1) is 17.4. The van der Waals surface area contributed by atoms with Gasteiger partial charge < -0.3 is 9.84 Å². The summed E-state index contributed by atoms with van der Waals surface area (Å²) in [6, 6.07) is 9.95. The van der Waals surface area contributed by atoms with Crippen LogP contribution in [0.15, 0.2) is 47.2 Å². The molecule has 2 aliphatic rings. The largest absolute Gasteiger partial charge is 0.339 e. The van der Waals surface area contributed by atoms with Crippen molar-refractivity contribution in [2.24, 2.45) is 0 Å². The molecule has 0 saturated heterocycles. The van der Waals surface area contributed by atoms with Crippen LogP contribution in [0.25, 0.3) is 17.0 Å². The Hall–Kier alpha value is -3.48. The standard InChI is InChI=1S/C23H21N5O2/c1-13-2-3-17(21-26-23(30-27-21)15-6-7-15)10-18(13)25-22(29)19-12-24-20-11-16(14-4-5-14)8-9-28(19)20/h2-3,8-12,14-15H,4-7H2,1H3,(H,25,29). The lowest BCUT2D eigenvalue weighted by molar-refractivity contribution is 0.102. The number of nitrogens with one attached hydrogen (secondary N) is 1. The van der Waals surface area contributed by atoms with Crippen molar-refractivity contribution < 1.29 is 9.32 Å². The van der Waals surface area contributed by atoms with E-state index in [0.717, 1.165) is 35.3 Å². The average Bonchev–Trinajstić information content (AvgIpc) is 3.69. The lowest BCUT2D eigenvalue weighted by Gasteiger charge is -2.10. The molecule has 0 bridgehead atoms. The topological polar surface area (TPSA) is 85.3 Å². The molecule has 0 aliphatic heterocycles. The number of imidazole rings is 1. The van der Waals surface area contributed by atoms with Gasteiger partial charge in [-0.25, -0.2) is 4.98 Å². The van der Waals surface area contributed by atoms with Crippen molar-refractivity contribution in [1.82, 2.24) is 19.5 Å². The smallest absolute Gasteiger partial charge is 0.274 e. The van der Waals surface area contributed by atoms with E-state index in [1.807, 2.05) is 35.7 Å². The molecule has 6 rings (SSSR count). The summed E-state index contributed by atoms with van der Waals surface area (Å²) in [5.41, 5.74) is 5.11. The van der Waals surface area contributed by atoms with E-state index in [4.69, 9.17) is 4.52 Å². The average molecular weight is 399 g/mol. The Bertz CT molecular complexity index is 1280. The van der Waals surface area contributed by atoms with E-state index in [2.05, 4.69) is 32.6 Å². The Kier molecular flexibility index (Phi) is 3.78. The summed E-state index contributed by atoms with van der Waals surface area (Å²) < 4.78 is 7.21. The second kappa shape index (κ2) is 6.52. The fraction of sp³-hybridized carbons (Fsp3) is 0.304. The molecule has 0 atom stereocenters. The molecule has 2 aliphatic carbocycles. The van der Waals surface area contributed by atoms with Gasteiger partial charge in [0.15, 0.2) is 0 Å². The van der Waals surface area contributed by atoms with Crippen LogP contribution in [0.3, 0.4) is 0 Å². The SMILES string of the molecule is Cc1ccc(-c2noc(C3CC3)n2)cc1NC(=O)c1cnc2cc(C3CC3)ccn12. The molecule has 1 N–H and O–H groups in total. The van der Waals surface area contributed by atoms with E-state index in [1.165, 1.54) is 18.4 Å². The third kappa shape index (κ3) is 3.07. The van der Waals surface area contributed by atoms with Gasteiger partial charge in [-0.3, -0.25) is 9.20 Å². The Balaban J connectivity index is 1.28. The van der Waals surface area contributed by atoms with Crippen LogP contribution >= 0.6 is 0 Å². The van der Waals surface area contributed by atoms with E-state index < -0.39 is 0 Å². The molecule has 150 valence electrons. The number of fused-ring (bicyclic) bond motifs is 1. The zero-order chi connectivity index (χ0) is 20.2. The van der Waals surface area contributed by atoms with Crippen LogP contribution in [0.4, 0.5) is 5.69 Å². The van der Waals surface area contributed by atoms with E-state index in [1.54, 1.807) is 6.20 Å². The van der Waals surface area contributed by atoms with Crippen molar-refractivity contribution in [3.8, 4) is 11.4 Å². The summed E-state index contributed by atoms with van der Waals surface area (Å²) >= 11 is 0.